The van der Waals surface area contributed by atoms with Crippen molar-refractivity contribution < 1.29 is 22.1 Å². The van der Waals surface area contributed by atoms with Gasteiger partial charge in [0.25, 0.3) is 0 Å². The molecule has 0 saturated carbocycles. The lowest BCUT2D eigenvalue weighted by atomic mass is 10.0. The van der Waals surface area contributed by atoms with E-state index in [1.54, 1.807) is 30.3 Å². The van der Waals surface area contributed by atoms with E-state index in [0.29, 0.717) is 11.1 Å². The third-order valence-corrected chi connectivity index (χ3v) is 6.21. The number of nitrogen functional groups attached to an aromatic ring is 1. The van der Waals surface area contributed by atoms with Crippen LogP contribution in [0.3, 0.4) is 0 Å². The molecule has 0 saturated heterocycles. The molecule has 10 heteroatoms. The molecule has 3 N–H and O–H groups in total. The SMILES string of the molecule is Nc1cnc(-c2ccc(-c3ccccc3[S+]([O-])N[C@@H](c3ccccc3)C(F)(F)F)cc2F)cn1. The number of halogens is 4. The zero-order valence-corrected chi connectivity index (χ0v) is 18.3. The Labute approximate surface area is 196 Å². The first-order chi connectivity index (χ1) is 16.2. The van der Waals surface area contributed by atoms with E-state index in [9.17, 15) is 22.1 Å². The zero-order chi connectivity index (χ0) is 24.3. The Kier molecular flexibility index (Phi) is 6.82. The van der Waals surface area contributed by atoms with Crippen LogP contribution in [0.15, 0.2) is 90.1 Å². The number of nitrogens with zero attached hydrogens (tertiary/aromatic N) is 2. The minimum atomic E-state index is -4.68. The summed E-state index contributed by atoms with van der Waals surface area (Å²) in [5.74, 6) is -0.431. The van der Waals surface area contributed by atoms with Gasteiger partial charge in [0.1, 0.15) is 11.6 Å². The van der Waals surface area contributed by atoms with E-state index < -0.39 is 29.4 Å². The second-order valence-electron chi connectivity index (χ2n) is 7.29. The highest BCUT2D eigenvalue weighted by Gasteiger charge is 2.44. The quantitative estimate of drug-likeness (QED) is 0.280. The smallest absolute Gasteiger partial charge is 0.412 e. The molecule has 3 aromatic carbocycles. The van der Waals surface area contributed by atoms with Crippen LogP contribution in [0.25, 0.3) is 22.4 Å². The number of alkyl halides is 3. The lowest BCUT2D eigenvalue weighted by molar-refractivity contribution is -0.153. The fraction of sp³-hybridized carbons (Fsp3) is 0.0833. The Morgan fingerprint density at radius 2 is 1.59 bits per heavy atom. The first-order valence-corrected chi connectivity index (χ1v) is 11.2. The molecule has 0 radical (unpaired) electrons. The van der Waals surface area contributed by atoms with Crippen LogP contribution in [-0.4, -0.2) is 20.7 Å². The normalized spacial score (nSPS) is 13.4. The predicted octanol–water partition coefficient (Wildman–Crippen LogP) is 5.45. The number of nitrogens with one attached hydrogen (secondary N) is 1. The third kappa shape index (κ3) is 5.19. The summed E-state index contributed by atoms with van der Waals surface area (Å²) < 4.78 is 71.3. The van der Waals surface area contributed by atoms with Crippen molar-refractivity contribution in [2.24, 2.45) is 0 Å². The standard InChI is InChI=1S/C24H18F4N4OS/c25-19-12-16(10-11-18(19)20-13-31-22(29)14-30-20)17-8-4-5-9-21(17)34(33)32-23(24(26,27)28)15-6-2-1-3-7-15/h1-14,23,32H,(H2,29,31)/t23-,34?/m0/s1. The molecule has 5 nitrogen and oxygen atoms in total. The molecule has 2 atom stereocenters. The van der Waals surface area contributed by atoms with E-state index in [4.69, 9.17) is 5.73 Å². The average molecular weight is 486 g/mol. The highest BCUT2D eigenvalue weighted by molar-refractivity contribution is 7.89. The van der Waals surface area contributed by atoms with Crippen molar-refractivity contribution in [3.63, 3.8) is 0 Å². The van der Waals surface area contributed by atoms with E-state index in [1.807, 2.05) is 0 Å². The molecule has 1 unspecified atom stereocenters. The Bertz CT molecular complexity index is 1270. The summed E-state index contributed by atoms with van der Waals surface area (Å²) in [6, 6.07) is 15.5. The number of hydrogen-bond acceptors (Lipinski definition) is 5. The van der Waals surface area contributed by atoms with Gasteiger partial charge < -0.3 is 10.3 Å². The molecule has 0 amide bonds. The van der Waals surface area contributed by atoms with Crippen LogP contribution in [0.2, 0.25) is 0 Å². The van der Waals surface area contributed by atoms with Gasteiger partial charge in [0.2, 0.25) is 0 Å². The Balaban J connectivity index is 1.66. The molecular formula is C24H18F4N4OS. The predicted molar refractivity (Wildman–Crippen MR) is 122 cm³/mol. The van der Waals surface area contributed by atoms with Gasteiger partial charge in [-0.25, -0.2) is 9.37 Å². The van der Waals surface area contributed by atoms with Crippen LogP contribution >= 0.6 is 0 Å². The number of nitrogens with two attached hydrogens (primary N) is 1. The number of benzene rings is 3. The maximum Gasteiger partial charge on any atom is 0.412 e. The van der Waals surface area contributed by atoms with Gasteiger partial charge in [-0.3, -0.25) is 4.98 Å². The van der Waals surface area contributed by atoms with Crippen LogP contribution in [0.4, 0.5) is 23.4 Å². The molecule has 34 heavy (non-hydrogen) atoms. The first-order valence-electron chi connectivity index (χ1n) is 10.0. The second kappa shape index (κ2) is 9.80. The minimum Gasteiger partial charge on any atom is -0.593 e. The Morgan fingerprint density at radius 3 is 2.24 bits per heavy atom. The summed E-state index contributed by atoms with van der Waals surface area (Å²) in [6.07, 6.45) is -2.04. The highest BCUT2D eigenvalue weighted by atomic mass is 32.2. The summed E-state index contributed by atoms with van der Waals surface area (Å²) in [7, 11) is 0. The van der Waals surface area contributed by atoms with E-state index in [0.717, 1.165) is 0 Å². The molecule has 0 aliphatic rings. The summed E-state index contributed by atoms with van der Waals surface area (Å²) in [5.41, 5.74) is 6.57. The summed E-state index contributed by atoms with van der Waals surface area (Å²) in [4.78, 5) is 8.03. The zero-order valence-electron chi connectivity index (χ0n) is 17.5. The molecule has 1 heterocycles. The van der Waals surface area contributed by atoms with Gasteiger partial charge in [-0.05, 0) is 35.4 Å². The van der Waals surface area contributed by atoms with E-state index in [2.05, 4.69) is 14.7 Å². The third-order valence-electron chi connectivity index (χ3n) is 5.00. The van der Waals surface area contributed by atoms with Gasteiger partial charge in [-0.2, -0.15) is 13.2 Å². The van der Waals surface area contributed by atoms with Crippen LogP contribution < -0.4 is 10.5 Å². The maximum absolute atomic E-state index is 14.9. The molecule has 174 valence electrons. The van der Waals surface area contributed by atoms with Crippen LogP contribution in [-0.2, 0) is 11.4 Å². The summed E-state index contributed by atoms with van der Waals surface area (Å²) in [5, 5.41) is 0. The van der Waals surface area contributed by atoms with E-state index >= 15 is 0 Å². The van der Waals surface area contributed by atoms with Crippen molar-refractivity contribution in [2.75, 3.05) is 5.73 Å². The maximum atomic E-state index is 14.9. The highest BCUT2D eigenvalue weighted by Crippen LogP contribution is 2.36. The summed E-state index contributed by atoms with van der Waals surface area (Å²) >= 11 is -2.25. The fourth-order valence-electron chi connectivity index (χ4n) is 3.37. The molecule has 0 bridgehead atoms. The van der Waals surface area contributed by atoms with Gasteiger partial charge in [0, 0.05) is 11.1 Å². The van der Waals surface area contributed by atoms with Crippen molar-refractivity contribution in [3.8, 4) is 22.4 Å². The second-order valence-corrected chi connectivity index (χ2v) is 8.50. The molecule has 0 fully saturated rings. The Hall–Kier alpha value is -3.47. The van der Waals surface area contributed by atoms with Crippen molar-refractivity contribution in [1.29, 1.82) is 0 Å². The molecule has 0 aliphatic carbocycles. The van der Waals surface area contributed by atoms with Gasteiger partial charge in [0.15, 0.2) is 10.9 Å². The van der Waals surface area contributed by atoms with Crippen molar-refractivity contribution >= 4 is 17.2 Å². The van der Waals surface area contributed by atoms with Gasteiger partial charge >= 0.3 is 6.18 Å². The van der Waals surface area contributed by atoms with Gasteiger partial charge in [0.05, 0.1) is 29.4 Å². The molecule has 1 aromatic heterocycles. The number of rotatable bonds is 6. The lowest BCUT2D eigenvalue weighted by Gasteiger charge is -2.23. The van der Waals surface area contributed by atoms with Gasteiger partial charge in [-0.1, -0.05) is 48.5 Å². The number of aromatic nitrogens is 2. The van der Waals surface area contributed by atoms with E-state index in [1.165, 1.54) is 54.9 Å². The van der Waals surface area contributed by atoms with E-state index in [-0.39, 0.29) is 27.5 Å². The van der Waals surface area contributed by atoms with Crippen molar-refractivity contribution in [3.05, 3.63) is 96.6 Å². The van der Waals surface area contributed by atoms with Crippen LogP contribution in [0.1, 0.15) is 11.6 Å². The molecular weight excluding hydrogens is 468 g/mol. The Morgan fingerprint density at radius 1 is 0.882 bits per heavy atom. The molecule has 0 spiro atoms. The first kappa shape index (κ1) is 23.7. The monoisotopic (exact) mass is 486 g/mol. The lowest BCUT2D eigenvalue weighted by Crippen LogP contribution is -2.38. The molecule has 4 aromatic rings. The van der Waals surface area contributed by atoms with Crippen molar-refractivity contribution in [1.82, 2.24) is 14.7 Å². The number of anilines is 1. The topological polar surface area (TPSA) is 86.9 Å². The fourth-order valence-corrected chi connectivity index (χ4v) is 4.57. The average Bonchev–Trinajstić information content (AvgIpc) is 2.83. The molecule has 0 aliphatic heterocycles. The largest absolute Gasteiger partial charge is 0.593 e. The summed E-state index contributed by atoms with van der Waals surface area (Å²) in [6.45, 7) is 0. The van der Waals surface area contributed by atoms with Gasteiger partial charge in [-0.15, -0.1) is 4.72 Å². The minimum absolute atomic E-state index is 0.0687. The van der Waals surface area contributed by atoms with Crippen molar-refractivity contribution in [2.45, 2.75) is 17.1 Å². The number of hydrogen-bond donors (Lipinski definition) is 2. The van der Waals surface area contributed by atoms with Crippen LogP contribution in [0, 0.1) is 5.82 Å². The molecule has 4 rings (SSSR count). The van der Waals surface area contributed by atoms with Crippen LogP contribution in [0.5, 0.6) is 0 Å².